The zero-order valence-electron chi connectivity index (χ0n) is 10.7. The Kier molecular flexibility index (Phi) is 4.63. The molecule has 0 aliphatic rings. The standard InChI is InChI=1S/C12H12BrN2O5P/c13-8-5-7(3-1-2-4-21(18,19)20)10-9(6-8)14-11(16)12(17)15-10/h2,4-6H,1,3H2,(H,14,16)(H,15,17)(H2,18,19,20)/b4-2+. The number of halogens is 1. The summed E-state index contributed by atoms with van der Waals surface area (Å²) < 4.78 is 11.4. The highest BCUT2D eigenvalue weighted by Crippen LogP contribution is 2.36. The summed E-state index contributed by atoms with van der Waals surface area (Å²) in [7, 11) is -4.15. The molecule has 112 valence electrons. The van der Waals surface area contributed by atoms with E-state index in [4.69, 9.17) is 9.79 Å². The number of benzene rings is 1. The van der Waals surface area contributed by atoms with Crippen LogP contribution >= 0.6 is 23.5 Å². The predicted molar refractivity (Wildman–Crippen MR) is 82.4 cm³/mol. The van der Waals surface area contributed by atoms with Gasteiger partial charge in [-0.05, 0) is 30.5 Å². The molecule has 0 saturated heterocycles. The molecule has 0 bridgehead atoms. The highest BCUT2D eigenvalue weighted by atomic mass is 79.9. The van der Waals surface area contributed by atoms with Gasteiger partial charge in [-0.2, -0.15) is 0 Å². The molecule has 0 saturated carbocycles. The van der Waals surface area contributed by atoms with E-state index in [9.17, 15) is 14.2 Å². The third kappa shape index (κ3) is 4.25. The Morgan fingerprint density at radius 1 is 1.19 bits per heavy atom. The van der Waals surface area contributed by atoms with E-state index in [1.807, 2.05) is 0 Å². The first kappa shape index (κ1) is 15.9. The van der Waals surface area contributed by atoms with Crippen LogP contribution in [0.15, 0.2) is 38.1 Å². The van der Waals surface area contributed by atoms with Crippen LogP contribution in [0.3, 0.4) is 0 Å². The normalized spacial score (nSPS) is 12.3. The zero-order chi connectivity index (χ0) is 15.6. The lowest BCUT2D eigenvalue weighted by atomic mass is 10.1. The Labute approximate surface area is 127 Å². The summed E-state index contributed by atoms with van der Waals surface area (Å²) in [5.74, 6) is 0.845. The summed E-state index contributed by atoms with van der Waals surface area (Å²) >= 11 is 3.31. The average molecular weight is 375 g/mol. The minimum absolute atomic E-state index is 0.387. The van der Waals surface area contributed by atoms with E-state index in [2.05, 4.69) is 25.9 Å². The molecule has 0 amide bonds. The molecule has 0 spiro atoms. The summed E-state index contributed by atoms with van der Waals surface area (Å²) in [6.07, 6.45) is 2.23. The lowest BCUT2D eigenvalue weighted by Crippen LogP contribution is -2.29. The van der Waals surface area contributed by atoms with Crippen molar-refractivity contribution >= 4 is 34.6 Å². The maximum atomic E-state index is 11.4. The Hall–Kier alpha value is -1.47. The lowest BCUT2D eigenvalue weighted by Gasteiger charge is -2.06. The molecule has 2 rings (SSSR count). The van der Waals surface area contributed by atoms with E-state index in [1.165, 1.54) is 6.08 Å². The zero-order valence-corrected chi connectivity index (χ0v) is 13.1. The van der Waals surface area contributed by atoms with Gasteiger partial charge in [0.2, 0.25) is 0 Å². The Bertz CT molecular complexity index is 864. The quantitative estimate of drug-likeness (QED) is 0.478. The number of aryl methyl sites for hydroxylation is 1. The molecule has 9 heteroatoms. The maximum Gasteiger partial charge on any atom is 0.348 e. The summed E-state index contributed by atoms with van der Waals surface area (Å²) in [6, 6.07) is 3.45. The van der Waals surface area contributed by atoms with Gasteiger partial charge >= 0.3 is 18.7 Å². The van der Waals surface area contributed by atoms with Gasteiger partial charge in [-0.3, -0.25) is 14.2 Å². The van der Waals surface area contributed by atoms with Crippen molar-refractivity contribution in [2.45, 2.75) is 12.8 Å². The van der Waals surface area contributed by atoms with Crippen molar-refractivity contribution in [3.63, 3.8) is 0 Å². The van der Waals surface area contributed by atoms with Crippen LogP contribution < -0.4 is 11.1 Å². The van der Waals surface area contributed by atoms with Crippen LogP contribution in [-0.4, -0.2) is 19.8 Å². The first-order valence-electron chi connectivity index (χ1n) is 5.94. The van der Waals surface area contributed by atoms with Crippen LogP contribution in [0, 0.1) is 0 Å². The van der Waals surface area contributed by atoms with Crippen LogP contribution in [0.25, 0.3) is 11.0 Å². The molecule has 0 fully saturated rings. The Morgan fingerprint density at radius 2 is 1.86 bits per heavy atom. The molecule has 0 radical (unpaired) electrons. The van der Waals surface area contributed by atoms with Crippen LogP contribution in [0.2, 0.25) is 0 Å². The van der Waals surface area contributed by atoms with Gasteiger partial charge in [0.1, 0.15) is 0 Å². The number of nitrogens with one attached hydrogen (secondary N) is 2. The van der Waals surface area contributed by atoms with Gasteiger partial charge in [-0.25, -0.2) is 0 Å². The van der Waals surface area contributed by atoms with Gasteiger partial charge in [-0.1, -0.05) is 22.0 Å². The number of allylic oxidation sites excluding steroid dienone is 1. The van der Waals surface area contributed by atoms with Crippen molar-refractivity contribution in [2.24, 2.45) is 0 Å². The van der Waals surface area contributed by atoms with Crippen LogP contribution in [-0.2, 0) is 11.0 Å². The van der Waals surface area contributed by atoms with Crippen LogP contribution in [0.4, 0.5) is 0 Å². The van der Waals surface area contributed by atoms with E-state index in [-0.39, 0.29) is 0 Å². The van der Waals surface area contributed by atoms with Gasteiger partial charge < -0.3 is 19.8 Å². The van der Waals surface area contributed by atoms with Crippen molar-refractivity contribution < 1.29 is 14.4 Å². The van der Waals surface area contributed by atoms with Gasteiger partial charge in [0.05, 0.1) is 11.0 Å². The molecular weight excluding hydrogens is 363 g/mol. The fourth-order valence-corrected chi connectivity index (χ4v) is 2.84. The summed E-state index contributed by atoms with van der Waals surface area (Å²) in [5.41, 5.74) is 0.281. The van der Waals surface area contributed by atoms with E-state index in [0.717, 1.165) is 15.9 Å². The highest BCUT2D eigenvalue weighted by Gasteiger charge is 2.08. The number of hydrogen-bond acceptors (Lipinski definition) is 3. The monoisotopic (exact) mass is 374 g/mol. The highest BCUT2D eigenvalue weighted by molar-refractivity contribution is 9.10. The van der Waals surface area contributed by atoms with Gasteiger partial charge in [0, 0.05) is 10.3 Å². The summed E-state index contributed by atoms with van der Waals surface area (Å²) in [5, 5.41) is 0. The number of fused-ring (bicyclic) bond motifs is 1. The van der Waals surface area contributed by atoms with E-state index >= 15 is 0 Å². The smallest absolute Gasteiger partial charge is 0.321 e. The molecular formula is C12H12BrN2O5P. The van der Waals surface area contributed by atoms with Crippen molar-refractivity contribution in [3.8, 4) is 0 Å². The first-order chi connectivity index (χ1) is 9.76. The second kappa shape index (κ2) is 6.11. The van der Waals surface area contributed by atoms with Crippen molar-refractivity contribution in [3.05, 3.63) is 54.8 Å². The number of H-pyrrole nitrogens is 2. The molecule has 7 nitrogen and oxygen atoms in total. The third-order valence-corrected chi connectivity index (χ3v) is 3.81. The van der Waals surface area contributed by atoms with Gasteiger partial charge in [0.25, 0.3) is 0 Å². The van der Waals surface area contributed by atoms with Gasteiger partial charge in [0.15, 0.2) is 0 Å². The SMILES string of the molecule is O=c1[nH]c2cc(Br)cc(CC/C=C/P(=O)(O)O)c2[nH]c1=O. The molecule has 1 aromatic carbocycles. The number of hydrogen-bond donors (Lipinski definition) is 4. The minimum atomic E-state index is -4.15. The Balaban J connectivity index is 2.37. The number of aromatic nitrogens is 2. The van der Waals surface area contributed by atoms with Crippen molar-refractivity contribution in [1.29, 1.82) is 0 Å². The molecule has 4 N–H and O–H groups in total. The summed E-state index contributed by atoms with van der Waals surface area (Å²) in [6.45, 7) is 0. The molecule has 1 aromatic heterocycles. The van der Waals surface area contributed by atoms with E-state index in [0.29, 0.717) is 23.9 Å². The number of aromatic amines is 2. The fraction of sp³-hybridized carbons (Fsp3) is 0.167. The lowest BCUT2D eigenvalue weighted by molar-refractivity contribution is 0.386. The largest absolute Gasteiger partial charge is 0.348 e. The molecule has 0 aliphatic carbocycles. The second-order valence-electron chi connectivity index (χ2n) is 4.41. The molecule has 2 aromatic rings. The molecule has 0 aliphatic heterocycles. The number of rotatable bonds is 4. The average Bonchev–Trinajstić information content (AvgIpc) is 2.35. The molecule has 1 heterocycles. The maximum absolute atomic E-state index is 11.4. The Morgan fingerprint density at radius 3 is 2.52 bits per heavy atom. The van der Waals surface area contributed by atoms with Gasteiger partial charge in [-0.15, -0.1) is 0 Å². The topological polar surface area (TPSA) is 123 Å². The predicted octanol–water partition coefficient (Wildman–Crippen LogP) is 1.60. The van der Waals surface area contributed by atoms with E-state index in [1.54, 1.807) is 12.1 Å². The molecule has 0 atom stereocenters. The van der Waals surface area contributed by atoms with Crippen LogP contribution in [0.5, 0.6) is 0 Å². The van der Waals surface area contributed by atoms with E-state index < -0.39 is 18.7 Å². The third-order valence-electron chi connectivity index (χ3n) is 2.76. The summed E-state index contributed by atoms with van der Waals surface area (Å²) in [4.78, 5) is 45.2. The van der Waals surface area contributed by atoms with Crippen LogP contribution in [0.1, 0.15) is 12.0 Å². The fourth-order valence-electron chi connectivity index (χ4n) is 1.91. The minimum Gasteiger partial charge on any atom is -0.321 e. The first-order valence-corrected chi connectivity index (χ1v) is 8.41. The van der Waals surface area contributed by atoms with Crippen molar-refractivity contribution in [2.75, 3.05) is 0 Å². The molecule has 0 unspecified atom stereocenters. The van der Waals surface area contributed by atoms with Crippen molar-refractivity contribution in [1.82, 2.24) is 9.97 Å². The second-order valence-corrected chi connectivity index (χ2v) is 6.80. The molecule has 21 heavy (non-hydrogen) atoms.